The van der Waals surface area contributed by atoms with Crippen LogP contribution in [-0.2, 0) is 6.54 Å². The molecule has 6 nitrogen and oxygen atoms in total. The van der Waals surface area contributed by atoms with Crippen molar-refractivity contribution in [2.45, 2.75) is 38.7 Å². The van der Waals surface area contributed by atoms with Gasteiger partial charge in [-0.25, -0.2) is 4.79 Å². The quantitative estimate of drug-likeness (QED) is 0.829. The predicted molar refractivity (Wildman–Crippen MR) is 88.3 cm³/mol. The highest BCUT2D eigenvalue weighted by atomic mass is 32.2. The summed E-state index contributed by atoms with van der Waals surface area (Å²) >= 11 is 1.71. The number of rotatable bonds is 5. The molecule has 1 saturated carbocycles. The van der Waals surface area contributed by atoms with Crippen LogP contribution in [0.5, 0.6) is 0 Å². The fourth-order valence-corrected chi connectivity index (χ4v) is 4.36. The Morgan fingerprint density at radius 3 is 2.87 bits per heavy atom. The molecule has 2 aliphatic heterocycles. The fraction of sp³-hybridized carbons (Fsp3) is 0.625. The number of amides is 2. The van der Waals surface area contributed by atoms with E-state index in [0.717, 1.165) is 37.0 Å². The molecule has 1 aliphatic carbocycles. The summed E-state index contributed by atoms with van der Waals surface area (Å²) in [6.45, 7) is 7.24. The van der Waals surface area contributed by atoms with Crippen molar-refractivity contribution in [3.05, 3.63) is 28.6 Å². The maximum absolute atomic E-state index is 12.7. The van der Waals surface area contributed by atoms with Gasteiger partial charge in [0, 0.05) is 31.4 Å². The number of hydrogen-bond acceptors (Lipinski definition) is 5. The van der Waals surface area contributed by atoms with Crippen molar-refractivity contribution < 1.29 is 9.32 Å². The number of carbonyl (C=O) groups excluding carboxylic acids is 1. The molecule has 3 heterocycles. The average molecular weight is 334 g/mol. The van der Waals surface area contributed by atoms with E-state index in [4.69, 9.17) is 4.52 Å². The Bertz CT molecular complexity index is 640. The molecular formula is C16H22N4O2S. The summed E-state index contributed by atoms with van der Waals surface area (Å²) in [5.74, 6) is 1.56. The van der Waals surface area contributed by atoms with Gasteiger partial charge in [0.2, 0.25) is 0 Å². The van der Waals surface area contributed by atoms with Gasteiger partial charge in [0.1, 0.15) is 11.5 Å². The molecule has 4 rings (SSSR count). The van der Waals surface area contributed by atoms with Gasteiger partial charge in [-0.2, -0.15) is 0 Å². The first kappa shape index (κ1) is 14.9. The SMILES string of the molecule is CC1=CSC(N2CCN(CC3CC3)C2=O)N1Cc1cc(C)on1. The van der Waals surface area contributed by atoms with Crippen molar-refractivity contribution in [2.75, 3.05) is 19.6 Å². The summed E-state index contributed by atoms with van der Waals surface area (Å²) in [5.41, 5.74) is 2.11. The number of hydrogen-bond donors (Lipinski definition) is 0. The molecule has 2 amide bonds. The van der Waals surface area contributed by atoms with Crippen molar-refractivity contribution in [3.63, 3.8) is 0 Å². The molecule has 0 N–H and O–H groups in total. The standard InChI is InChI=1S/C16H22N4O2S/c1-11-10-23-16(20(11)9-14-7-12(2)22-17-14)19-6-5-18(15(19)21)8-13-3-4-13/h7,10,13,16H,3-6,8-9H2,1-2H3. The second-order valence-electron chi connectivity index (χ2n) is 6.64. The molecule has 3 aliphatic rings. The zero-order valence-electron chi connectivity index (χ0n) is 13.6. The van der Waals surface area contributed by atoms with E-state index in [9.17, 15) is 4.79 Å². The third-order valence-corrected chi connectivity index (χ3v) is 5.89. The molecule has 1 aromatic heterocycles. The van der Waals surface area contributed by atoms with Crippen molar-refractivity contribution in [1.29, 1.82) is 0 Å². The lowest BCUT2D eigenvalue weighted by Gasteiger charge is -2.33. The van der Waals surface area contributed by atoms with Crippen LogP contribution >= 0.6 is 11.8 Å². The first-order valence-electron chi connectivity index (χ1n) is 8.18. The Balaban J connectivity index is 1.45. The molecular weight excluding hydrogens is 312 g/mol. The van der Waals surface area contributed by atoms with Crippen LogP contribution in [0.15, 0.2) is 21.7 Å². The van der Waals surface area contributed by atoms with E-state index in [-0.39, 0.29) is 11.5 Å². The Morgan fingerprint density at radius 1 is 1.35 bits per heavy atom. The maximum atomic E-state index is 12.7. The maximum Gasteiger partial charge on any atom is 0.322 e. The van der Waals surface area contributed by atoms with E-state index >= 15 is 0 Å². The van der Waals surface area contributed by atoms with E-state index in [1.54, 1.807) is 11.8 Å². The predicted octanol–water partition coefficient (Wildman–Crippen LogP) is 2.82. The Morgan fingerprint density at radius 2 is 2.17 bits per heavy atom. The van der Waals surface area contributed by atoms with Gasteiger partial charge in [0.05, 0.1) is 6.54 Å². The van der Waals surface area contributed by atoms with Crippen LogP contribution in [0.3, 0.4) is 0 Å². The summed E-state index contributed by atoms with van der Waals surface area (Å²) in [6.07, 6.45) is 2.56. The summed E-state index contributed by atoms with van der Waals surface area (Å²) < 4.78 is 5.17. The van der Waals surface area contributed by atoms with Gasteiger partial charge >= 0.3 is 6.03 Å². The van der Waals surface area contributed by atoms with Crippen LogP contribution in [0.4, 0.5) is 4.79 Å². The minimum atomic E-state index is 0.0312. The van der Waals surface area contributed by atoms with Crippen molar-refractivity contribution in [2.24, 2.45) is 5.92 Å². The van der Waals surface area contributed by atoms with Crippen LogP contribution in [0, 0.1) is 12.8 Å². The van der Waals surface area contributed by atoms with Gasteiger partial charge in [0.25, 0.3) is 0 Å². The summed E-state index contributed by atoms with van der Waals surface area (Å²) in [7, 11) is 0. The lowest BCUT2D eigenvalue weighted by atomic mass is 10.3. The van der Waals surface area contributed by atoms with Gasteiger partial charge in [0.15, 0.2) is 5.50 Å². The fourth-order valence-electron chi connectivity index (χ4n) is 3.17. The van der Waals surface area contributed by atoms with Crippen LogP contribution < -0.4 is 0 Å². The number of nitrogens with zero attached hydrogens (tertiary/aromatic N) is 4. The van der Waals surface area contributed by atoms with Gasteiger partial charge in [-0.15, -0.1) is 0 Å². The molecule has 1 unspecified atom stereocenters. The normalized spacial score (nSPS) is 24.8. The zero-order valence-corrected chi connectivity index (χ0v) is 14.4. The van der Waals surface area contributed by atoms with Gasteiger partial charge < -0.3 is 14.3 Å². The number of aromatic nitrogens is 1. The highest BCUT2D eigenvalue weighted by molar-refractivity contribution is 8.02. The first-order valence-corrected chi connectivity index (χ1v) is 9.13. The second-order valence-corrected chi connectivity index (χ2v) is 7.57. The lowest BCUT2D eigenvalue weighted by molar-refractivity contribution is 0.148. The highest BCUT2D eigenvalue weighted by Gasteiger charge is 2.40. The highest BCUT2D eigenvalue weighted by Crippen LogP contribution is 2.37. The summed E-state index contributed by atoms with van der Waals surface area (Å²) in [5, 5.41) is 6.22. The van der Waals surface area contributed by atoms with Crippen LogP contribution in [-0.4, -0.2) is 51.0 Å². The third kappa shape index (κ3) is 2.94. The topological polar surface area (TPSA) is 52.8 Å². The molecule has 23 heavy (non-hydrogen) atoms. The number of aryl methyl sites for hydroxylation is 1. The molecule has 0 bridgehead atoms. The summed E-state index contributed by atoms with van der Waals surface area (Å²) in [4.78, 5) is 19.0. The first-order chi connectivity index (χ1) is 11.1. The number of thioether (sulfide) groups is 1. The molecule has 0 aromatic carbocycles. The van der Waals surface area contributed by atoms with E-state index in [1.807, 2.05) is 22.8 Å². The van der Waals surface area contributed by atoms with Gasteiger partial charge in [-0.05, 0) is 38.0 Å². The van der Waals surface area contributed by atoms with Crippen molar-refractivity contribution in [1.82, 2.24) is 19.9 Å². The molecule has 7 heteroatoms. The molecule has 0 radical (unpaired) electrons. The molecule has 124 valence electrons. The van der Waals surface area contributed by atoms with E-state index in [2.05, 4.69) is 22.4 Å². The van der Waals surface area contributed by atoms with Crippen LogP contribution in [0.2, 0.25) is 0 Å². The Hall–Kier alpha value is -1.63. The van der Waals surface area contributed by atoms with E-state index < -0.39 is 0 Å². The Labute approximate surface area is 140 Å². The molecule has 2 fully saturated rings. The lowest BCUT2D eigenvalue weighted by Crippen LogP contribution is -2.45. The number of allylic oxidation sites excluding steroid dienone is 1. The molecule has 1 atom stereocenters. The Kier molecular flexibility index (Phi) is 3.75. The molecule has 1 aromatic rings. The number of urea groups is 1. The minimum Gasteiger partial charge on any atom is -0.361 e. The smallest absolute Gasteiger partial charge is 0.322 e. The summed E-state index contributed by atoms with van der Waals surface area (Å²) in [6, 6.07) is 2.14. The number of carbonyl (C=O) groups is 1. The van der Waals surface area contributed by atoms with E-state index in [0.29, 0.717) is 6.54 Å². The van der Waals surface area contributed by atoms with Gasteiger partial charge in [-0.1, -0.05) is 16.9 Å². The minimum absolute atomic E-state index is 0.0312. The van der Waals surface area contributed by atoms with Crippen molar-refractivity contribution in [3.8, 4) is 0 Å². The molecule has 1 saturated heterocycles. The van der Waals surface area contributed by atoms with Gasteiger partial charge in [-0.3, -0.25) is 4.90 Å². The molecule has 0 spiro atoms. The second kappa shape index (κ2) is 5.78. The van der Waals surface area contributed by atoms with Crippen molar-refractivity contribution >= 4 is 17.8 Å². The average Bonchev–Trinajstić information content (AvgIpc) is 3.00. The largest absolute Gasteiger partial charge is 0.361 e. The zero-order chi connectivity index (χ0) is 16.0. The third-order valence-electron chi connectivity index (χ3n) is 4.66. The van der Waals surface area contributed by atoms with Crippen LogP contribution in [0.25, 0.3) is 0 Å². The van der Waals surface area contributed by atoms with E-state index in [1.165, 1.54) is 18.5 Å². The monoisotopic (exact) mass is 334 g/mol. The van der Waals surface area contributed by atoms with Crippen LogP contribution in [0.1, 0.15) is 31.2 Å².